The number of halogens is 2. The Morgan fingerprint density at radius 2 is 1.78 bits per heavy atom. The number of hydrogen-bond acceptors (Lipinski definition) is 4. The van der Waals surface area contributed by atoms with Crippen molar-refractivity contribution in [3.63, 3.8) is 0 Å². The summed E-state index contributed by atoms with van der Waals surface area (Å²) in [6.45, 7) is 3.94. The molecule has 2 heterocycles. The third kappa shape index (κ3) is 7.88. The molecule has 0 aliphatic carbocycles. The molecule has 0 saturated carbocycles. The highest BCUT2D eigenvalue weighted by molar-refractivity contribution is 9.10. The SMILES string of the molecule is O=C(CN(CCN1CCCC1)C(=O)Nc1cccc(Br)c1)N(Cc1ccc(F)cc1)Cc1cccs1. The van der Waals surface area contributed by atoms with Gasteiger partial charge in [-0.3, -0.25) is 4.79 Å². The Labute approximate surface area is 223 Å². The van der Waals surface area contributed by atoms with E-state index < -0.39 is 0 Å². The topological polar surface area (TPSA) is 55.9 Å². The van der Waals surface area contributed by atoms with Crippen LogP contribution in [-0.4, -0.2) is 59.4 Å². The van der Waals surface area contributed by atoms with Gasteiger partial charge < -0.3 is 20.0 Å². The van der Waals surface area contributed by atoms with Gasteiger partial charge >= 0.3 is 6.03 Å². The highest BCUT2D eigenvalue weighted by Gasteiger charge is 2.24. The average Bonchev–Trinajstić information content (AvgIpc) is 3.57. The molecule has 1 aliphatic rings. The first-order valence-electron chi connectivity index (χ1n) is 12.0. The van der Waals surface area contributed by atoms with Crippen molar-refractivity contribution in [1.82, 2.24) is 14.7 Å². The molecule has 0 spiro atoms. The zero-order valence-corrected chi connectivity index (χ0v) is 22.4. The van der Waals surface area contributed by atoms with Gasteiger partial charge in [0, 0.05) is 34.7 Å². The van der Waals surface area contributed by atoms with Crippen molar-refractivity contribution in [3.8, 4) is 0 Å². The summed E-state index contributed by atoms with van der Waals surface area (Å²) in [6, 6.07) is 17.2. The molecule has 36 heavy (non-hydrogen) atoms. The van der Waals surface area contributed by atoms with Crippen molar-refractivity contribution in [2.24, 2.45) is 0 Å². The van der Waals surface area contributed by atoms with E-state index in [4.69, 9.17) is 0 Å². The number of likely N-dealkylation sites (tertiary alicyclic amines) is 1. The third-order valence-corrected chi connectivity index (χ3v) is 7.49. The van der Waals surface area contributed by atoms with Crippen LogP contribution in [0.15, 0.2) is 70.5 Å². The molecule has 1 fully saturated rings. The fraction of sp³-hybridized carbons (Fsp3) is 0.333. The summed E-state index contributed by atoms with van der Waals surface area (Å²) in [7, 11) is 0. The van der Waals surface area contributed by atoms with Gasteiger partial charge in [0.1, 0.15) is 12.4 Å². The predicted molar refractivity (Wildman–Crippen MR) is 145 cm³/mol. The van der Waals surface area contributed by atoms with E-state index in [1.807, 2.05) is 41.8 Å². The van der Waals surface area contributed by atoms with Crippen LogP contribution in [0.4, 0.5) is 14.9 Å². The van der Waals surface area contributed by atoms with Crippen LogP contribution in [-0.2, 0) is 17.9 Å². The molecule has 1 N–H and O–H groups in total. The van der Waals surface area contributed by atoms with E-state index in [0.717, 1.165) is 47.4 Å². The Bertz CT molecular complexity index is 1140. The largest absolute Gasteiger partial charge is 0.332 e. The van der Waals surface area contributed by atoms with Crippen LogP contribution in [0, 0.1) is 5.82 Å². The molecule has 4 rings (SSSR count). The first-order valence-corrected chi connectivity index (χ1v) is 13.7. The molecule has 1 aliphatic heterocycles. The molecular formula is C27H30BrFN4O2S. The normalized spacial score (nSPS) is 13.5. The lowest BCUT2D eigenvalue weighted by Crippen LogP contribution is -2.46. The predicted octanol–water partition coefficient (Wildman–Crippen LogP) is 5.81. The molecule has 190 valence electrons. The van der Waals surface area contributed by atoms with E-state index in [0.29, 0.717) is 25.3 Å². The molecular weight excluding hydrogens is 543 g/mol. The van der Waals surface area contributed by atoms with Gasteiger partial charge in [0.2, 0.25) is 5.91 Å². The second-order valence-corrected chi connectivity index (χ2v) is 10.8. The van der Waals surface area contributed by atoms with Crippen LogP contribution >= 0.6 is 27.3 Å². The molecule has 9 heteroatoms. The minimum Gasteiger partial charge on any atom is -0.332 e. The van der Waals surface area contributed by atoms with E-state index in [1.165, 1.54) is 12.1 Å². The fourth-order valence-electron chi connectivity index (χ4n) is 4.19. The zero-order chi connectivity index (χ0) is 25.3. The standard InChI is InChI=1S/C27H30BrFN4O2S/c28-22-5-3-6-24(17-22)30-27(35)32(15-14-31-12-1-2-13-31)20-26(34)33(19-25-7-4-16-36-25)18-21-8-10-23(29)11-9-21/h3-11,16-17H,1-2,12-15,18-20H2,(H,30,35). The number of carbonyl (C=O) groups is 2. The molecule has 1 saturated heterocycles. The zero-order valence-electron chi connectivity index (χ0n) is 20.0. The summed E-state index contributed by atoms with van der Waals surface area (Å²) in [5.74, 6) is -0.467. The summed E-state index contributed by atoms with van der Waals surface area (Å²) in [5.41, 5.74) is 1.50. The molecule has 3 aromatic rings. The van der Waals surface area contributed by atoms with Crippen LogP contribution < -0.4 is 5.32 Å². The maximum Gasteiger partial charge on any atom is 0.322 e. The Morgan fingerprint density at radius 1 is 1.00 bits per heavy atom. The maximum absolute atomic E-state index is 13.6. The monoisotopic (exact) mass is 572 g/mol. The molecule has 1 aromatic heterocycles. The number of benzene rings is 2. The number of hydrogen-bond donors (Lipinski definition) is 1. The lowest BCUT2D eigenvalue weighted by Gasteiger charge is -2.29. The van der Waals surface area contributed by atoms with Crippen molar-refractivity contribution in [1.29, 1.82) is 0 Å². The van der Waals surface area contributed by atoms with Crippen molar-refractivity contribution in [2.45, 2.75) is 25.9 Å². The molecule has 3 amide bonds. The van der Waals surface area contributed by atoms with E-state index in [1.54, 1.807) is 33.3 Å². The van der Waals surface area contributed by atoms with Crippen molar-refractivity contribution in [3.05, 3.63) is 86.8 Å². The van der Waals surface area contributed by atoms with Gasteiger partial charge in [-0.15, -0.1) is 11.3 Å². The first-order chi connectivity index (χ1) is 17.5. The number of thiophene rings is 1. The van der Waals surface area contributed by atoms with E-state index in [2.05, 4.69) is 26.1 Å². The highest BCUT2D eigenvalue weighted by atomic mass is 79.9. The maximum atomic E-state index is 13.6. The third-order valence-electron chi connectivity index (χ3n) is 6.14. The lowest BCUT2D eigenvalue weighted by molar-refractivity contribution is -0.133. The minimum absolute atomic E-state index is 0.0414. The summed E-state index contributed by atoms with van der Waals surface area (Å²) in [4.78, 5) is 33.5. The summed E-state index contributed by atoms with van der Waals surface area (Å²) in [6.07, 6.45) is 2.32. The number of nitrogens with one attached hydrogen (secondary N) is 1. The Hall–Kier alpha value is -2.75. The van der Waals surface area contributed by atoms with Gasteiger partial charge in [-0.25, -0.2) is 9.18 Å². The van der Waals surface area contributed by atoms with Gasteiger partial charge in [-0.05, 0) is 73.3 Å². The second-order valence-electron chi connectivity index (χ2n) is 8.87. The van der Waals surface area contributed by atoms with Gasteiger partial charge in [-0.2, -0.15) is 0 Å². The van der Waals surface area contributed by atoms with E-state index in [9.17, 15) is 14.0 Å². The fourth-order valence-corrected chi connectivity index (χ4v) is 5.30. The highest BCUT2D eigenvalue weighted by Crippen LogP contribution is 2.18. The number of amides is 3. The number of rotatable bonds is 10. The van der Waals surface area contributed by atoms with Crippen molar-refractivity contribution in [2.75, 3.05) is 38.0 Å². The second kappa shape index (κ2) is 13.0. The van der Waals surface area contributed by atoms with Gasteiger partial charge in [0.15, 0.2) is 0 Å². The van der Waals surface area contributed by atoms with Crippen LogP contribution in [0.3, 0.4) is 0 Å². The number of carbonyl (C=O) groups excluding carboxylic acids is 2. The number of anilines is 1. The number of urea groups is 1. The molecule has 6 nitrogen and oxygen atoms in total. The summed E-state index contributed by atoms with van der Waals surface area (Å²) < 4.78 is 14.3. The Kier molecular flexibility index (Phi) is 9.49. The van der Waals surface area contributed by atoms with E-state index in [-0.39, 0.29) is 24.3 Å². The smallest absolute Gasteiger partial charge is 0.322 e. The van der Waals surface area contributed by atoms with Gasteiger partial charge in [-0.1, -0.05) is 40.2 Å². The van der Waals surface area contributed by atoms with Crippen molar-refractivity contribution >= 4 is 44.9 Å². The van der Waals surface area contributed by atoms with Crippen LogP contribution in [0.5, 0.6) is 0 Å². The van der Waals surface area contributed by atoms with Crippen molar-refractivity contribution < 1.29 is 14.0 Å². The average molecular weight is 574 g/mol. The Morgan fingerprint density at radius 3 is 2.47 bits per heavy atom. The molecule has 0 radical (unpaired) electrons. The number of nitrogens with zero attached hydrogens (tertiary/aromatic N) is 3. The minimum atomic E-state index is -0.313. The molecule has 0 atom stereocenters. The van der Waals surface area contributed by atoms with Crippen LogP contribution in [0.1, 0.15) is 23.3 Å². The molecule has 0 unspecified atom stereocenters. The molecule has 0 bridgehead atoms. The summed E-state index contributed by atoms with van der Waals surface area (Å²) in [5, 5.41) is 4.91. The van der Waals surface area contributed by atoms with E-state index >= 15 is 0 Å². The van der Waals surface area contributed by atoms with Gasteiger partial charge in [0.05, 0.1) is 6.54 Å². The Balaban J connectivity index is 1.49. The quantitative estimate of drug-likeness (QED) is 0.333. The molecule has 2 aromatic carbocycles. The summed E-state index contributed by atoms with van der Waals surface area (Å²) >= 11 is 5.01. The first kappa shape index (κ1) is 26.3. The lowest BCUT2D eigenvalue weighted by atomic mass is 10.2. The van der Waals surface area contributed by atoms with Crippen LogP contribution in [0.2, 0.25) is 0 Å². The van der Waals surface area contributed by atoms with Crippen LogP contribution in [0.25, 0.3) is 0 Å². The van der Waals surface area contributed by atoms with Gasteiger partial charge in [0.25, 0.3) is 0 Å².